The van der Waals surface area contributed by atoms with Gasteiger partial charge in [0.05, 0.1) is 31.7 Å². The maximum Gasteiger partial charge on any atom is 0.243 e. The van der Waals surface area contributed by atoms with Crippen molar-refractivity contribution in [1.82, 2.24) is 9.62 Å². The Balaban J connectivity index is 2.05. The maximum atomic E-state index is 12.6. The van der Waals surface area contributed by atoms with Crippen LogP contribution in [0.3, 0.4) is 0 Å². The van der Waals surface area contributed by atoms with Crippen LogP contribution in [0.15, 0.2) is 47.4 Å². The molecule has 0 aliphatic heterocycles. The molecule has 2 aromatic carbocycles. The summed E-state index contributed by atoms with van der Waals surface area (Å²) in [6, 6.07) is 11.5. The third kappa shape index (κ3) is 5.02. The van der Waals surface area contributed by atoms with Gasteiger partial charge in [-0.3, -0.25) is 4.79 Å². The Hall–Kier alpha value is -2.58. The van der Waals surface area contributed by atoms with E-state index in [1.165, 1.54) is 26.3 Å². The molecule has 0 aliphatic carbocycles. The van der Waals surface area contributed by atoms with E-state index in [0.29, 0.717) is 11.5 Å². The van der Waals surface area contributed by atoms with Crippen molar-refractivity contribution in [3.8, 4) is 11.5 Å². The highest BCUT2D eigenvalue weighted by Crippen LogP contribution is 2.29. The first-order valence-electron chi connectivity index (χ1n) is 8.73. The average molecular weight is 407 g/mol. The van der Waals surface area contributed by atoms with Gasteiger partial charge in [-0.1, -0.05) is 23.8 Å². The topological polar surface area (TPSA) is 84.9 Å². The molecule has 0 bridgehead atoms. The quantitative estimate of drug-likeness (QED) is 0.728. The Bertz CT molecular complexity index is 926. The minimum absolute atomic E-state index is 0.154. The number of nitrogens with zero attached hydrogens (tertiary/aromatic N) is 1. The van der Waals surface area contributed by atoms with E-state index in [-0.39, 0.29) is 17.5 Å². The summed E-state index contributed by atoms with van der Waals surface area (Å²) >= 11 is 0. The lowest BCUT2D eigenvalue weighted by Crippen LogP contribution is -2.39. The van der Waals surface area contributed by atoms with Crippen LogP contribution in [0, 0.1) is 6.92 Å². The number of likely N-dealkylation sites (N-methyl/N-ethyl adjacent to an activating group) is 1. The van der Waals surface area contributed by atoms with Gasteiger partial charge in [0.15, 0.2) is 11.5 Å². The molecule has 0 aliphatic rings. The number of sulfonamides is 1. The van der Waals surface area contributed by atoms with Crippen LogP contribution < -0.4 is 14.8 Å². The van der Waals surface area contributed by atoms with E-state index in [1.807, 2.05) is 19.9 Å². The molecular weight excluding hydrogens is 380 g/mol. The molecule has 0 spiro atoms. The monoisotopic (exact) mass is 406 g/mol. The summed E-state index contributed by atoms with van der Waals surface area (Å²) in [5.41, 5.74) is 1.78. The third-order valence-corrected chi connectivity index (χ3v) is 6.20. The Labute approximate surface area is 166 Å². The van der Waals surface area contributed by atoms with Crippen LogP contribution in [0.1, 0.15) is 24.1 Å². The number of nitrogens with one attached hydrogen (secondary N) is 1. The van der Waals surface area contributed by atoms with Gasteiger partial charge in [0, 0.05) is 7.05 Å². The van der Waals surface area contributed by atoms with Crippen LogP contribution in [-0.2, 0) is 14.8 Å². The molecule has 2 rings (SSSR count). The highest BCUT2D eigenvalue weighted by molar-refractivity contribution is 7.89. The van der Waals surface area contributed by atoms with Crippen LogP contribution in [0.25, 0.3) is 0 Å². The molecule has 8 heteroatoms. The molecule has 0 fully saturated rings. The SMILES string of the molecule is COc1ccc(C(C)NC(=O)CN(C)S(=O)(=O)c2ccc(C)cc2)cc1OC. The van der Waals surface area contributed by atoms with Gasteiger partial charge in [0.2, 0.25) is 15.9 Å². The summed E-state index contributed by atoms with van der Waals surface area (Å²) in [7, 11) is 0.736. The smallest absolute Gasteiger partial charge is 0.243 e. The zero-order valence-corrected chi connectivity index (χ0v) is 17.5. The zero-order valence-electron chi connectivity index (χ0n) is 16.7. The number of aryl methyl sites for hydroxylation is 1. The molecular formula is C20H26N2O5S. The second-order valence-corrected chi connectivity index (χ2v) is 8.52. The number of rotatable bonds is 8. The molecule has 0 radical (unpaired) electrons. The fourth-order valence-corrected chi connectivity index (χ4v) is 3.80. The first-order valence-corrected chi connectivity index (χ1v) is 10.2. The molecule has 1 unspecified atom stereocenters. The number of carbonyl (C=O) groups excluding carboxylic acids is 1. The summed E-state index contributed by atoms with van der Waals surface area (Å²) < 4.78 is 36.7. The predicted molar refractivity (Wildman–Crippen MR) is 107 cm³/mol. The van der Waals surface area contributed by atoms with Crippen molar-refractivity contribution in [2.75, 3.05) is 27.8 Å². The minimum Gasteiger partial charge on any atom is -0.493 e. The normalized spacial score (nSPS) is 12.5. The lowest BCUT2D eigenvalue weighted by Gasteiger charge is -2.20. The molecule has 1 N–H and O–H groups in total. The number of ether oxygens (including phenoxy) is 2. The minimum atomic E-state index is -3.73. The number of methoxy groups -OCH3 is 2. The number of carbonyl (C=O) groups is 1. The largest absolute Gasteiger partial charge is 0.493 e. The van der Waals surface area contributed by atoms with Crippen LogP contribution >= 0.6 is 0 Å². The van der Waals surface area contributed by atoms with E-state index >= 15 is 0 Å². The van der Waals surface area contributed by atoms with Crippen molar-refractivity contribution in [2.45, 2.75) is 24.8 Å². The van der Waals surface area contributed by atoms with E-state index in [2.05, 4.69) is 5.32 Å². The molecule has 2 aromatic rings. The first kappa shape index (κ1) is 21.7. The van der Waals surface area contributed by atoms with Crippen LogP contribution in [0.2, 0.25) is 0 Å². The second-order valence-electron chi connectivity index (χ2n) is 6.48. The maximum absolute atomic E-state index is 12.6. The molecule has 0 saturated carbocycles. The second kappa shape index (κ2) is 9.07. The number of hydrogen-bond acceptors (Lipinski definition) is 5. The first-order chi connectivity index (χ1) is 13.2. The van der Waals surface area contributed by atoms with E-state index < -0.39 is 15.9 Å². The van der Waals surface area contributed by atoms with E-state index in [0.717, 1.165) is 15.4 Å². The Morgan fingerprint density at radius 3 is 2.25 bits per heavy atom. The summed E-state index contributed by atoms with van der Waals surface area (Å²) in [6.07, 6.45) is 0. The molecule has 28 heavy (non-hydrogen) atoms. The van der Waals surface area contributed by atoms with Crippen LogP contribution in [0.5, 0.6) is 11.5 Å². The highest BCUT2D eigenvalue weighted by atomic mass is 32.2. The number of amides is 1. The fraction of sp³-hybridized carbons (Fsp3) is 0.350. The molecule has 1 amide bonds. The van der Waals surface area contributed by atoms with Gasteiger partial charge in [-0.05, 0) is 43.7 Å². The number of hydrogen-bond donors (Lipinski definition) is 1. The van der Waals surface area contributed by atoms with Crippen molar-refractivity contribution in [3.05, 3.63) is 53.6 Å². The van der Waals surface area contributed by atoms with Crippen molar-refractivity contribution in [1.29, 1.82) is 0 Å². The van der Waals surface area contributed by atoms with Crippen molar-refractivity contribution < 1.29 is 22.7 Å². The summed E-state index contributed by atoms with van der Waals surface area (Å²) in [4.78, 5) is 12.5. The van der Waals surface area contributed by atoms with E-state index in [9.17, 15) is 13.2 Å². The fourth-order valence-electron chi connectivity index (χ4n) is 2.67. The molecule has 7 nitrogen and oxygen atoms in total. The Morgan fingerprint density at radius 1 is 1.07 bits per heavy atom. The summed E-state index contributed by atoms with van der Waals surface area (Å²) in [6.45, 7) is 3.41. The molecule has 0 heterocycles. The van der Waals surface area contributed by atoms with Crippen molar-refractivity contribution in [2.24, 2.45) is 0 Å². The average Bonchev–Trinajstić information content (AvgIpc) is 2.67. The van der Waals surface area contributed by atoms with Crippen LogP contribution in [0.4, 0.5) is 0 Å². The van der Waals surface area contributed by atoms with Crippen LogP contribution in [-0.4, -0.2) is 46.4 Å². The van der Waals surface area contributed by atoms with Crippen molar-refractivity contribution >= 4 is 15.9 Å². The van der Waals surface area contributed by atoms with Gasteiger partial charge in [-0.2, -0.15) is 4.31 Å². The van der Waals surface area contributed by atoms with E-state index in [4.69, 9.17) is 9.47 Å². The van der Waals surface area contributed by atoms with Gasteiger partial charge < -0.3 is 14.8 Å². The van der Waals surface area contributed by atoms with E-state index in [1.54, 1.807) is 31.4 Å². The van der Waals surface area contributed by atoms with Gasteiger partial charge >= 0.3 is 0 Å². The van der Waals surface area contributed by atoms with Crippen molar-refractivity contribution in [3.63, 3.8) is 0 Å². The summed E-state index contributed by atoms with van der Waals surface area (Å²) in [5.74, 6) is 0.745. The lowest BCUT2D eigenvalue weighted by molar-refractivity contribution is -0.121. The standard InChI is InChI=1S/C20H26N2O5S/c1-14-6-9-17(10-7-14)28(24,25)22(3)13-20(23)21-15(2)16-8-11-18(26-4)19(12-16)27-5/h6-12,15H,13H2,1-5H3,(H,21,23). The summed E-state index contributed by atoms with van der Waals surface area (Å²) in [5, 5.41) is 2.81. The lowest BCUT2D eigenvalue weighted by atomic mass is 10.1. The van der Waals surface area contributed by atoms with Gasteiger partial charge in [0.1, 0.15) is 0 Å². The molecule has 0 saturated heterocycles. The van der Waals surface area contributed by atoms with Gasteiger partial charge in [-0.25, -0.2) is 8.42 Å². The highest BCUT2D eigenvalue weighted by Gasteiger charge is 2.23. The molecule has 0 aromatic heterocycles. The van der Waals surface area contributed by atoms with Gasteiger partial charge in [0.25, 0.3) is 0 Å². The molecule has 152 valence electrons. The molecule has 1 atom stereocenters. The number of benzene rings is 2. The van der Waals surface area contributed by atoms with Gasteiger partial charge in [-0.15, -0.1) is 0 Å². The Morgan fingerprint density at radius 2 is 1.68 bits per heavy atom. The Kier molecular flexibility index (Phi) is 7.04. The third-order valence-electron chi connectivity index (χ3n) is 4.38. The predicted octanol–water partition coefficient (Wildman–Crippen LogP) is 2.51. The zero-order chi connectivity index (χ0) is 20.9.